The number of fused-ring (bicyclic) bond motifs is 1. The lowest BCUT2D eigenvalue weighted by Crippen LogP contribution is -2.32. The Morgan fingerprint density at radius 3 is 2.52 bits per heavy atom. The first-order chi connectivity index (χ1) is 13.9. The van der Waals surface area contributed by atoms with E-state index in [1.165, 1.54) is 0 Å². The molecule has 8 heteroatoms. The summed E-state index contributed by atoms with van der Waals surface area (Å²) in [5, 5.41) is 3.02. The standard InChI is InChI=1S/C21H27N7O/c1-4-5-13(2)24-20(29)14-6-9-16(10-7-14)28(3)12-15-8-11-17-18(25-15)19(22)27-21(23)26-17/h6-11,13H,4-5,12H2,1-3H3,(H,24,29)(H4,22,23,26,27). The van der Waals surface area contributed by atoms with Crippen molar-refractivity contribution in [3.63, 3.8) is 0 Å². The van der Waals surface area contributed by atoms with Crippen molar-refractivity contribution in [2.45, 2.75) is 39.3 Å². The van der Waals surface area contributed by atoms with Crippen LogP contribution < -0.4 is 21.7 Å². The second-order valence-corrected chi connectivity index (χ2v) is 7.20. The summed E-state index contributed by atoms with van der Waals surface area (Å²) in [7, 11) is 1.97. The van der Waals surface area contributed by atoms with E-state index in [1.807, 2.05) is 55.3 Å². The summed E-state index contributed by atoms with van der Waals surface area (Å²) in [4.78, 5) is 27.0. The van der Waals surface area contributed by atoms with Gasteiger partial charge in [-0.05, 0) is 49.7 Å². The molecule has 2 heterocycles. The first kappa shape index (κ1) is 20.3. The molecule has 1 amide bonds. The van der Waals surface area contributed by atoms with Crippen molar-refractivity contribution in [1.82, 2.24) is 20.3 Å². The number of nitrogens with one attached hydrogen (secondary N) is 1. The predicted molar refractivity (Wildman–Crippen MR) is 117 cm³/mol. The van der Waals surface area contributed by atoms with E-state index < -0.39 is 0 Å². The largest absolute Gasteiger partial charge is 0.382 e. The molecule has 152 valence electrons. The second kappa shape index (κ2) is 8.72. The molecule has 0 fully saturated rings. The van der Waals surface area contributed by atoms with Crippen LogP contribution in [0.3, 0.4) is 0 Å². The van der Waals surface area contributed by atoms with Gasteiger partial charge in [-0.1, -0.05) is 13.3 Å². The van der Waals surface area contributed by atoms with E-state index in [2.05, 4.69) is 27.2 Å². The SMILES string of the molecule is CCCC(C)NC(=O)c1ccc(N(C)Cc2ccc3nc(N)nc(N)c3n2)cc1. The molecule has 1 aromatic carbocycles. The van der Waals surface area contributed by atoms with E-state index in [9.17, 15) is 4.79 Å². The molecule has 0 spiro atoms. The maximum Gasteiger partial charge on any atom is 0.251 e. The van der Waals surface area contributed by atoms with Crippen molar-refractivity contribution in [3.8, 4) is 0 Å². The molecule has 3 aromatic rings. The van der Waals surface area contributed by atoms with E-state index in [0.717, 1.165) is 24.2 Å². The summed E-state index contributed by atoms with van der Waals surface area (Å²) in [6.07, 6.45) is 2.01. The van der Waals surface area contributed by atoms with Crippen molar-refractivity contribution < 1.29 is 4.79 Å². The maximum absolute atomic E-state index is 12.3. The molecule has 0 bridgehead atoms. The highest BCUT2D eigenvalue weighted by atomic mass is 16.1. The summed E-state index contributed by atoms with van der Waals surface area (Å²) in [5.41, 5.74) is 15.2. The molecule has 0 aliphatic rings. The molecule has 0 saturated heterocycles. The molecule has 5 N–H and O–H groups in total. The predicted octanol–water partition coefficient (Wildman–Crippen LogP) is 2.74. The maximum atomic E-state index is 12.3. The highest BCUT2D eigenvalue weighted by Crippen LogP contribution is 2.20. The number of rotatable bonds is 7. The van der Waals surface area contributed by atoms with E-state index in [0.29, 0.717) is 23.1 Å². The number of amides is 1. The van der Waals surface area contributed by atoms with E-state index in [-0.39, 0.29) is 23.7 Å². The zero-order valence-electron chi connectivity index (χ0n) is 17.0. The molecule has 3 rings (SSSR count). The Bertz CT molecular complexity index is 1000. The molecule has 1 unspecified atom stereocenters. The summed E-state index contributed by atoms with van der Waals surface area (Å²) < 4.78 is 0. The average Bonchev–Trinajstić information content (AvgIpc) is 2.68. The Labute approximate surface area is 170 Å². The average molecular weight is 393 g/mol. The molecule has 0 radical (unpaired) electrons. The van der Waals surface area contributed by atoms with Gasteiger partial charge in [-0.3, -0.25) is 4.79 Å². The van der Waals surface area contributed by atoms with Crippen molar-refractivity contribution in [2.75, 3.05) is 23.4 Å². The second-order valence-electron chi connectivity index (χ2n) is 7.20. The molecule has 0 aliphatic heterocycles. The Hall–Kier alpha value is -3.42. The van der Waals surface area contributed by atoms with Gasteiger partial charge in [0.15, 0.2) is 5.82 Å². The van der Waals surface area contributed by atoms with Gasteiger partial charge in [-0.15, -0.1) is 0 Å². The Morgan fingerprint density at radius 1 is 1.10 bits per heavy atom. The van der Waals surface area contributed by atoms with Gasteiger partial charge in [0.1, 0.15) is 5.52 Å². The Morgan fingerprint density at radius 2 is 1.83 bits per heavy atom. The molecule has 1 atom stereocenters. The zero-order valence-corrected chi connectivity index (χ0v) is 17.0. The van der Waals surface area contributed by atoms with E-state index >= 15 is 0 Å². The number of benzene rings is 1. The number of nitrogen functional groups attached to an aromatic ring is 2. The van der Waals surface area contributed by atoms with Gasteiger partial charge in [0.2, 0.25) is 5.95 Å². The third-order valence-electron chi connectivity index (χ3n) is 4.71. The number of nitrogens with two attached hydrogens (primary N) is 2. The van der Waals surface area contributed by atoms with Crippen molar-refractivity contribution >= 4 is 34.4 Å². The van der Waals surface area contributed by atoms with Gasteiger partial charge in [0.25, 0.3) is 5.91 Å². The number of hydrogen-bond donors (Lipinski definition) is 3. The lowest BCUT2D eigenvalue weighted by Gasteiger charge is -2.20. The molecule has 29 heavy (non-hydrogen) atoms. The van der Waals surface area contributed by atoms with Crippen LogP contribution in [0.4, 0.5) is 17.5 Å². The smallest absolute Gasteiger partial charge is 0.251 e. The van der Waals surface area contributed by atoms with Crippen molar-refractivity contribution in [2.24, 2.45) is 0 Å². The quantitative estimate of drug-likeness (QED) is 0.564. The topological polar surface area (TPSA) is 123 Å². The summed E-state index contributed by atoms with van der Waals surface area (Å²) in [6.45, 7) is 4.69. The number of carbonyl (C=O) groups excluding carboxylic acids is 1. The minimum Gasteiger partial charge on any atom is -0.382 e. The Balaban J connectivity index is 1.70. The lowest BCUT2D eigenvalue weighted by atomic mass is 10.1. The van der Waals surface area contributed by atoms with Crippen LogP contribution in [0.15, 0.2) is 36.4 Å². The minimum atomic E-state index is -0.0499. The first-order valence-corrected chi connectivity index (χ1v) is 9.68. The molecular formula is C21H27N7O. The number of hydrogen-bond acceptors (Lipinski definition) is 7. The zero-order chi connectivity index (χ0) is 21.0. The van der Waals surface area contributed by atoms with Crippen molar-refractivity contribution in [3.05, 3.63) is 47.7 Å². The summed E-state index contributed by atoms with van der Waals surface area (Å²) in [5.74, 6) is 0.352. The van der Waals surface area contributed by atoms with Gasteiger partial charge in [0, 0.05) is 24.3 Å². The number of pyridine rings is 1. The lowest BCUT2D eigenvalue weighted by molar-refractivity contribution is 0.0938. The van der Waals surface area contributed by atoms with Crippen LogP contribution in [0.25, 0.3) is 11.0 Å². The first-order valence-electron chi connectivity index (χ1n) is 9.68. The summed E-state index contributed by atoms with van der Waals surface area (Å²) in [6, 6.07) is 11.4. The van der Waals surface area contributed by atoms with Crippen LogP contribution in [-0.2, 0) is 6.54 Å². The van der Waals surface area contributed by atoms with Gasteiger partial charge in [-0.25, -0.2) is 9.97 Å². The Kier molecular flexibility index (Phi) is 6.11. The number of aromatic nitrogens is 3. The van der Waals surface area contributed by atoms with Crippen LogP contribution in [-0.4, -0.2) is 33.9 Å². The van der Waals surface area contributed by atoms with Crippen LogP contribution in [0, 0.1) is 0 Å². The molecule has 8 nitrogen and oxygen atoms in total. The van der Waals surface area contributed by atoms with Gasteiger partial charge >= 0.3 is 0 Å². The van der Waals surface area contributed by atoms with E-state index in [1.54, 1.807) is 0 Å². The normalized spacial score (nSPS) is 12.0. The van der Waals surface area contributed by atoms with Gasteiger partial charge in [0.05, 0.1) is 17.8 Å². The third kappa shape index (κ3) is 4.90. The highest BCUT2D eigenvalue weighted by molar-refractivity contribution is 5.94. The van der Waals surface area contributed by atoms with Crippen LogP contribution in [0.2, 0.25) is 0 Å². The minimum absolute atomic E-state index is 0.0499. The fourth-order valence-corrected chi connectivity index (χ4v) is 3.20. The monoisotopic (exact) mass is 393 g/mol. The molecular weight excluding hydrogens is 366 g/mol. The van der Waals surface area contributed by atoms with Crippen LogP contribution >= 0.6 is 0 Å². The number of anilines is 3. The van der Waals surface area contributed by atoms with Crippen LogP contribution in [0.5, 0.6) is 0 Å². The summed E-state index contributed by atoms with van der Waals surface area (Å²) >= 11 is 0. The molecule has 0 saturated carbocycles. The van der Waals surface area contributed by atoms with Gasteiger partial charge in [-0.2, -0.15) is 4.98 Å². The van der Waals surface area contributed by atoms with E-state index in [4.69, 9.17) is 11.5 Å². The van der Waals surface area contributed by atoms with Gasteiger partial charge < -0.3 is 21.7 Å². The number of carbonyl (C=O) groups is 1. The molecule has 0 aliphatic carbocycles. The van der Waals surface area contributed by atoms with Crippen molar-refractivity contribution in [1.29, 1.82) is 0 Å². The fourth-order valence-electron chi connectivity index (χ4n) is 3.20. The number of nitrogens with zero attached hydrogens (tertiary/aromatic N) is 4. The van der Waals surface area contributed by atoms with Crippen LogP contribution in [0.1, 0.15) is 42.7 Å². The highest BCUT2D eigenvalue weighted by Gasteiger charge is 2.11. The molecule has 2 aromatic heterocycles. The fraction of sp³-hybridized carbons (Fsp3) is 0.333. The third-order valence-corrected chi connectivity index (χ3v) is 4.71.